The number of hydrogen-bond donors (Lipinski definition) is 0. The molecule has 0 fully saturated rings. The van der Waals surface area contributed by atoms with Gasteiger partial charge in [0, 0.05) is 33.8 Å². The minimum Gasteiger partial charge on any atom is -0.450 e. The van der Waals surface area contributed by atoms with Crippen LogP contribution in [0.15, 0.2) is 158 Å². The fraction of sp³-hybridized carbons (Fsp3) is 0.160. The monoisotopic (exact) mass is 702 g/mol. The first-order chi connectivity index (χ1) is 26.2. The van der Waals surface area contributed by atoms with Gasteiger partial charge in [-0.25, -0.2) is 0 Å². The maximum Gasteiger partial charge on any atom is 0.172 e. The molecule has 1 aliphatic heterocycles. The highest BCUT2D eigenvalue weighted by atomic mass is 16.6. The lowest BCUT2D eigenvalue weighted by molar-refractivity contribution is 0.332. The Bertz CT molecular complexity index is 2740. The van der Waals surface area contributed by atoms with Crippen molar-refractivity contribution < 1.29 is 9.47 Å². The summed E-state index contributed by atoms with van der Waals surface area (Å²) in [5.41, 5.74) is 12.1. The predicted molar refractivity (Wildman–Crippen MR) is 223 cm³/mol. The van der Waals surface area contributed by atoms with Crippen molar-refractivity contribution in [1.29, 1.82) is 0 Å². The van der Waals surface area contributed by atoms with Crippen molar-refractivity contribution in [3.05, 3.63) is 169 Å². The fourth-order valence-electron chi connectivity index (χ4n) is 8.71. The lowest BCUT2D eigenvalue weighted by Crippen LogP contribution is -2.33. The van der Waals surface area contributed by atoms with Crippen LogP contribution in [0.3, 0.4) is 0 Å². The third kappa shape index (κ3) is 5.20. The van der Waals surface area contributed by atoms with Crippen molar-refractivity contribution in [2.24, 2.45) is 0 Å². The molecule has 54 heavy (non-hydrogen) atoms. The second kappa shape index (κ2) is 12.1. The summed E-state index contributed by atoms with van der Waals surface area (Å²) in [4.78, 5) is 2.35. The van der Waals surface area contributed by atoms with Crippen LogP contribution >= 0.6 is 0 Å². The van der Waals surface area contributed by atoms with E-state index in [-0.39, 0.29) is 10.8 Å². The second-order valence-corrected chi connectivity index (χ2v) is 16.1. The van der Waals surface area contributed by atoms with Crippen LogP contribution < -0.4 is 14.4 Å². The fourth-order valence-corrected chi connectivity index (χ4v) is 8.71. The van der Waals surface area contributed by atoms with E-state index in [0.29, 0.717) is 17.2 Å². The first kappa shape index (κ1) is 32.4. The molecule has 0 spiro atoms. The van der Waals surface area contributed by atoms with Gasteiger partial charge < -0.3 is 18.9 Å². The van der Waals surface area contributed by atoms with Crippen LogP contribution in [-0.4, -0.2) is 4.57 Å². The van der Waals surface area contributed by atoms with Gasteiger partial charge >= 0.3 is 0 Å². The second-order valence-electron chi connectivity index (χ2n) is 16.1. The Morgan fingerprint density at radius 3 is 1.91 bits per heavy atom. The van der Waals surface area contributed by atoms with Crippen LogP contribution in [0.25, 0.3) is 38.6 Å². The van der Waals surface area contributed by atoms with Gasteiger partial charge in [0.15, 0.2) is 23.0 Å². The number of benzene rings is 7. The van der Waals surface area contributed by atoms with Gasteiger partial charge in [-0.15, -0.1) is 0 Å². The largest absolute Gasteiger partial charge is 0.450 e. The summed E-state index contributed by atoms with van der Waals surface area (Å²) in [5, 5.41) is 2.47. The quantitative estimate of drug-likeness (QED) is 0.179. The first-order valence-corrected chi connectivity index (χ1v) is 19.0. The maximum absolute atomic E-state index is 6.46. The van der Waals surface area contributed by atoms with Crippen LogP contribution in [0.4, 0.5) is 17.1 Å². The zero-order valence-corrected chi connectivity index (χ0v) is 31.1. The van der Waals surface area contributed by atoms with E-state index in [9.17, 15) is 0 Å². The lowest BCUT2D eigenvalue weighted by Gasteiger charge is -2.42. The summed E-state index contributed by atoms with van der Waals surface area (Å²) in [5.74, 6) is 2.81. The number of fused-ring (bicyclic) bond motifs is 6. The third-order valence-electron chi connectivity index (χ3n) is 11.7. The Labute approximate surface area is 316 Å². The molecule has 8 aromatic rings. The Morgan fingerprint density at radius 2 is 1.09 bits per heavy atom. The van der Waals surface area contributed by atoms with Crippen molar-refractivity contribution in [1.82, 2.24) is 4.57 Å². The molecular formula is C50H42N2O2. The molecule has 0 radical (unpaired) electrons. The minimum atomic E-state index is 0.0987. The van der Waals surface area contributed by atoms with Crippen LogP contribution in [-0.2, 0) is 10.8 Å². The zero-order valence-electron chi connectivity index (χ0n) is 31.1. The van der Waals surface area contributed by atoms with Gasteiger partial charge in [-0.05, 0) is 101 Å². The van der Waals surface area contributed by atoms with Gasteiger partial charge in [0.2, 0.25) is 0 Å². The topological polar surface area (TPSA) is 26.6 Å². The van der Waals surface area contributed by atoms with E-state index in [1.165, 1.54) is 45.9 Å². The summed E-state index contributed by atoms with van der Waals surface area (Å²) >= 11 is 0. The van der Waals surface area contributed by atoms with Crippen LogP contribution in [0.2, 0.25) is 0 Å². The molecule has 0 atom stereocenters. The Hall–Kier alpha value is -6.26. The van der Waals surface area contributed by atoms with Crippen molar-refractivity contribution in [3.63, 3.8) is 0 Å². The Kier molecular flexibility index (Phi) is 7.28. The summed E-state index contributed by atoms with van der Waals surface area (Å²) < 4.78 is 15.2. The van der Waals surface area contributed by atoms with Gasteiger partial charge in [0.1, 0.15) is 0 Å². The van der Waals surface area contributed by atoms with Crippen LogP contribution in [0, 0.1) is 0 Å². The molecule has 0 unspecified atom stereocenters. The summed E-state index contributed by atoms with van der Waals surface area (Å²) in [7, 11) is 0. The molecule has 0 N–H and O–H groups in total. The standard InChI is InChI=1S/C50H42N2O2/c1-49(2)28-29-50(3,4)41-30-34(23-26-40(41)49)52-43-19-11-9-17-38(43)39-25-22-35(31-44(39)52)51(42-18-10-8-16-37(42)33-14-6-5-7-15-33)36-24-27-47-48(32-36)54-46-21-13-12-20-45(46)53-47/h5-27,30-32H,28-29H2,1-4H3. The van der Waals surface area contributed by atoms with Crippen molar-refractivity contribution in [2.45, 2.75) is 51.4 Å². The normalized spacial score (nSPS) is 15.1. The summed E-state index contributed by atoms with van der Waals surface area (Å²) in [6.45, 7) is 9.60. The van der Waals surface area contributed by atoms with E-state index < -0.39 is 0 Å². The molecule has 1 aromatic heterocycles. The van der Waals surface area contributed by atoms with E-state index in [1.54, 1.807) is 0 Å². The molecule has 7 aromatic carbocycles. The van der Waals surface area contributed by atoms with E-state index >= 15 is 0 Å². The van der Waals surface area contributed by atoms with Crippen molar-refractivity contribution in [2.75, 3.05) is 4.90 Å². The van der Waals surface area contributed by atoms with E-state index in [2.05, 4.69) is 165 Å². The molecule has 2 heterocycles. The third-order valence-corrected chi connectivity index (χ3v) is 11.7. The number of anilines is 3. The molecule has 0 bridgehead atoms. The van der Waals surface area contributed by atoms with Gasteiger partial charge in [0.25, 0.3) is 0 Å². The van der Waals surface area contributed by atoms with E-state index in [1.807, 2.05) is 30.3 Å². The molecule has 264 valence electrons. The average Bonchev–Trinajstić information content (AvgIpc) is 3.53. The van der Waals surface area contributed by atoms with Crippen LogP contribution in [0.1, 0.15) is 51.7 Å². The average molecular weight is 703 g/mol. The molecule has 0 saturated heterocycles. The van der Waals surface area contributed by atoms with Crippen LogP contribution in [0.5, 0.6) is 23.0 Å². The van der Waals surface area contributed by atoms with Gasteiger partial charge in [-0.2, -0.15) is 0 Å². The number of aromatic nitrogens is 1. The van der Waals surface area contributed by atoms with Crippen molar-refractivity contribution in [3.8, 4) is 39.8 Å². The maximum atomic E-state index is 6.46. The minimum absolute atomic E-state index is 0.0987. The molecule has 4 heteroatoms. The lowest BCUT2D eigenvalue weighted by atomic mass is 9.63. The highest BCUT2D eigenvalue weighted by Gasteiger charge is 2.37. The van der Waals surface area contributed by atoms with Crippen molar-refractivity contribution >= 4 is 38.9 Å². The highest BCUT2D eigenvalue weighted by Crippen LogP contribution is 2.50. The Morgan fingerprint density at radius 1 is 0.481 bits per heavy atom. The van der Waals surface area contributed by atoms with Gasteiger partial charge in [-0.1, -0.05) is 119 Å². The zero-order chi connectivity index (χ0) is 36.6. The van der Waals surface area contributed by atoms with E-state index in [4.69, 9.17) is 9.47 Å². The number of hydrogen-bond acceptors (Lipinski definition) is 3. The van der Waals surface area contributed by atoms with E-state index in [0.717, 1.165) is 39.5 Å². The molecule has 0 amide bonds. The predicted octanol–water partition coefficient (Wildman–Crippen LogP) is 14.2. The smallest absolute Gasteiger partial charge is 0.172 e. The molecular weight excluding hydrogens is 661 g/mol. The molecule has 1 aliphatic carbocycles. The number of nitrogens with zero attached hydrogens (tertiary/aromatic N) is 2. The molecule has 4 nitrogen and oxygen atoms in total. The summed E-state index contributed by atoms with van der Waals surface area (Å²) in [6.07, 6.45) is 2.36. The molecule has 0 saturated carbocycles. The molecule has 10 rings (SSSR count). The van der Waals surface area contributed by atoms with Gasteiger partial charge in [0.05, 0.1) is 22.4 Å². The number of para-hydroxylation sites is 4. The first-order valence-electron chi connectivity index (χ1n) is 19.0. The highest BCUT2D eigenvalue weighted by molar-refractivity contribution is 6.10. The number of rotatable bonds is 5. The van der Waals surface area contributed by atoms with Gasteiger partial charge in [-0.3, -0.25) is 0 Å². The summed E-state index contributed by atoms with van der Waals surface area (Å²) in [6, 6.07) is 56.3. The SMILES string of the molecule is CC1(C)CCC(C)(C)c2cc(-n3c4ccccc4c4ccc(N(c5ccc6c(c5)Oc5ccccc5O6)c5ccccc5-c5ccccc5)cc43)ccc21. The number of ether oxygens (including phenoxy) is 2. The molecule has 2 aliphatic rings. The Balaban J connectivity index is 1.20.